The molecule has 0 aromatic carbocycles. The summed E-state index contributed by atoms with van der Waals surface area (Å²) in [5.74, 6) is 1.21. The maximum absolute atomic E-state index is 10.7. The summed E-state index contributed by atoms with van der Waals surface area (Å²) in [7, 11) is 0. The van der Waals surface area contributed by atoms with Gasteiger partial charge < -0.3 is 10.2 Å². The average Bonchev–Trinajstić information content (AvgIpc) is 2.56. The van der Waals surface area contributed by atoms with E-state index in [0.717, 1.165) is 6.42 Å². The molecule has 2 N–H and O–H groups in total. The highest BCUT2D eigenvalue weighted by molar-refractivity contribution is 5.14. The lowest BCUT2D eigenvalue weighted by Crippen LogP contribution is -2.63. The second-order valence-corrected chi connectivity index (χ2v) is 7.60. The van der Waals surface area contributed by atoms with E-state index in [0.29, 0.717) is 11.8 Å². The van der Waals surface area contributed by atoms with Crippen molar-refractivity contribution in [1.29, 1.82) is 0 Å². The Hall–Kier alpha value is -0.0800. The van der Waals surface area contributed by atoms with E-state index < -0.39 is 11.7 Å². The quantitative estimate of drug-likeness (QED) is 0.793. The third kappa shape index (κ3) is 1.61. The molecular weight excluding hydrogens is 224 g/mol. The van der Waals surface area contributed by atoms with Gasteiger partial charge in [-0.25, -0.2) is 0 Å². The van der Waals surface area contributed by atoms with Gasteiger partial charge in [0.1, 0.15) is 0 Å². The summed E-state index contributed by atoms with van der Waals surface area (Å²) in [5.41, 5.74) is -0.913. The first-order chi connectivity index (χ1) is 8.20. The molecule has 2 heteroatoms. The predicted molar refractivity (Wildman–Crippen MR) is 74.3 cm³/mol. The standard InChI is InChI=1S/C16H30O2/c1-6-9-16-10-13(17)15(5,18)14(3,4)12(16)8-7-11(16)2/h11-13,17-18H,6-10H2,1-5H3/t11?,12?,13-,15-,16+/m0/s1. The van der Waals surface area contributed by atoms with Crippen LogP contribution in [0.2, 0.25) is 0 Å². The Morgan fingerprint density at radius 3 is 2.33 bits per heavy atom. The van der Waals surface area contributed by atoms with Crippen LogP contribution in [0, 0.1) is 22.7 Å². The van der Waals surface area contributed by atoms with E-state index in [1.165, 1.54) is 25.7 Å². The van der Waals surface area contributed by atoms with Crippen LogP contribution < -0.4 is 0 Å². The van der Waals surface area contributed by atoms with E-state index in [9.17, 15) is 10.2 Å². The predicted octanol–water partition coefficient (Wildman–Crippen LogP) is 3.36. The minimum Gasteiger partial charge on any atom is -0.390 e. The van der Waals surface area contributed by atoms with Crippen molar-refractivity contribution in [1.82, 2.24) is 0 Å². The topological polar surface area (TPSA) is 40.5 Å². The lowest BCUT2D eigenvalue weighted by atomic mass is 9.48. The molecule has 0 radical (unpaired) electrons. The Kier molecular flexibility index (Phi) is 3.35. The molecule has 0 amide bonds. The monoisotopic (exact) mass is 254 g/mol. The van der Waals surface area contributed by atoms with Gasteiger partial charge in [-0.15, -0.1) is 0 Å². The molecule has 0 heterocycles. The van der Waals surface area contributed by atoms with Gasteiger partial charge in [-0.05, 0) is 55.3 Å². The normalized spacial score (nSPS) is 51.2. The Morgan fingerprint density at radius 2 is 1.78 bits per heavy atom. The van der Waals surface area contributed by atoms with Crippen LogP contribution in [0.5, 0.6) is 0 Å². The third-order valence-electron chi connectivity index (χ3n) is 6.68. The Labute approximate surface area is 112 Å². The Balaban J connectivity index is 2.45. The molecule has 0 aliphatic heterocycles. The van der Waals surface area contributed by atoms with Crippen molar-refractivity contribution in [2.24, 2.45) is 22.7 Å². The van der Waals surface area contributed by atoms with Gasteiger partial charge in [0.2, 0.25) is 0 Å². The van der Waals surface area contributed by atoms with Crippen LogP contribution in [0.1, 0.15) is 66.7 Å². The largest absolute Gasteiger partial charge is 0.390 e. The molecule has 2 rings (SSSR count). The molecule has 2 aliphatic carbocycles. The smallest absolute Gasteiger partial charge is 0.0931 e. The zero-order valence-corrected chi connectivity index (χ0v) is 12.7. The first-order valence-corrected chi connectivity index (χ1v) is 7.60. The van der Waals surface area contributed by atoms with Crippen LogP contribution in [0.3, 0.4) is 0 Å². The minimum atomic E-state index is -0.959. The maximum atomic E-state index is 10.7. The molecule has 5 atom stereocenters. The number of fused-ring (bicyclic) bond motifs is 1. The molecule has 0 aromatic rings. The lowest BCUT2D eigenvalue weighted by Gasteiger charge is -2.59. The van der Waals surface area contributed by atoms with Crippen molar-refractivity contribution in [3.8, 4) is 0 Å². The molecular formula is C16H30O2. The fourth-order valence-corrected chi connectivity index (χ4v) is 5.09. The molecule has 106 valence electrons. The van der Waals surface area contributed by atoms with Crippen molar-refractivity contribution in [3.05, 3.63) is 0 Å². The molecule has 0 aromatic heterocycles. The van der Waals surface area contributed by atoms with E-state index in [1.54, 1.807) is 0 Å². The van der Waals surface area contributed by atoms with Crippen LogP contribution in [-0.2, 0) is 0 Å². The highest BCUT2D eigenvalue weighted by atomic mass is 16.3. The molecule has 2 fully saturated rings. The molecule has 2 aliphatic rings. The van der Waals surface area contributed by atoms with Crippen molar-refractivity contribution in [2.75, 3.05) is 0 Å². The summed E-state index contributed by atoms with van der Waals surface area (Å²) < 4.78 is 0. The summed E-state index contributed by atoms with van der Waals surface area (Å²) in [5, 5.41) is 21.2. The maximum Gasteiger partial charge on any atom is 0.0931 e. The Bertz CT molecular complexity index is 321. The van der Waals surface area contributed by atoms with Gasteiger partial charge in [0.15, 0.2) is 0 Å². The minimum absolute atomic E-state index is 0.204. The Morgan fingerprint density at radius 1 is 1.17 bits per heavy atom. The summed E-state index contributed by atoms with van der Waals surface area (Å²) in [6.07, 6.45) is 5.01. The zero-order valence-electron chi connectivity index (χ0n) is 12.7. The van der Waals surface area contributed by atoms with E-state index in [1.807, 2.05) is 6.92 Å². The fraction of sp³-hybridized carbons (Fsp3) is 1.00. The van der Waals surface area contributed by atoms with E-state index in [2.05, 4.69) is 27.7 Å². The SMILES string of the molecule is CCC[C@]12C[C@H](O)[C@](C)(O)C(C)(C)C1CCC2C. The van der Waals surface area contributed by atoms with Crippen LogP contribution in [-0.4, -0.2) is 21.9 Å². The van der Waals surface area contributed by atoms with E-state index in [-0.39, 0.29) is 10.8 Å². The highest BCUT2D eigenvalue weighted by Gasteiger charge is 2.64. The van der Waals surface area contributed by atoms with Gasteiger partial charge in [0, 0.05) is 0 Å². The van der Waals surface area contributed by atoms with Crippen molar-refractivity contribution >= 4 is 0 Å². The lowest BCUT2D eigenvalue weighted by molar-refractivity contribution is -0.223. The number of aliphatic hydroxyl groups is 2. The molecule has 0 bridgehead atoms. The summed E-state index contributed by atoms with van der Waals surface area (Å²) in [6.45, 7) is 10.7. The first-order valence-electron chi connectivity index (χ1n) is 7.60. The van der Waals surface area contributed by atoms with Gasteiger partial charge in [0.25, 0.3) is 0 Å². The van der Waals surface area contributed by atoms with Gasteiger partial charge in [-0.1, -0.05) is 34.1 Å². The number of hydrogen-bond donors (Lipinski definition) is 2. The van der Waals surface area contributed by atoms with Crippen molar-refractivity contribution in [3.63, 3.8) is 0 Å². The fourth-order valence-electron chi connectivity index (χ4n) is 5.09. The number of aliphatic hydroxyl groups excluding tert-OH is 1. The summed E-state index contributed by atoms with van der Waals surface area (Å²) in [4.78, 5) is 0. The first kappa shape index (κ1) is 14.3. The molecule has 2 unspecified atom stereocenters. The van der Waals surface area contributed by atoms with Gasteiger partial charge in [-0.2, -0.15) is 0 Å². The van der Waals surface area contributed by atoms with Crippen LogP contribution in [0.25, 0.3) is 0 Å². The molecule has 2 saturated carbocycles. The van der Waals surface area contributed by atoms with Gasteiger partial charge in [0.05, 0.1) is 11.7 Å². The number of rotatable bonds is 2. The second kappa shape index (κ2) is 4.21. The third-order valence-corrected chi connectivity index (χ3v) is 6.68. The van der Waals surface area contributed by atoms with E-state index >= 15 is 0 Å². The molecule has 2 nitrogen and oxygen atoms in total. The molecule has 0 saturated heterocycles. The second-order valence-electron chi connectivity index (χ2n) is 7.60. The average molecular weight is 254 g/mol. The van der Waals surface area contributed by atoms with Crippen molar-refractivity contribution < 1.29 is 10.2 Å². The summed E-state index contributed by atoms with van der Waals surface area (Å²) in [6, 6.07) is 0. The zero-order chi connectivity index (χ0) is 13.8. The van der Waals surface area contributed by atoms with Crippen molar-refractivity contribution in [2.45, 2.75) is 78.4 Å². The highest BCUT2D eigenvalue weighted by Crippen LogP contribution is 2.66. The van der Waals surface area contributed by atoms with Gasteiger partial charge in [-0.3, -0.25) is 0 Å². The molecule has 18 heavy (non-hydrogen) atoms. The van der Waals surface area contributed by atoms with Crippen LogP contribution in [0.15, 0.2) is 0 Å². The van der Waals surface area contributed by atoms with Crippen LogP contribution >= 0.6 is 0 Å². The summed E-state index contributed by atoms with van der Waals surface area (Å²) >= 11 is 0. The number of hydrogen-bond acceptors (Lipinski definition) is 2. The van der Waals surface area contributed by atoms with Crippen LogP contribution in [0.4, 0.5) is 0 Å². The van der Waals surface area contributed by atoms with Gasteiger partial charge >= 0.3 is 0 Å². The van der Waals surface area contributed by atoms with E-state index in [4.69, 9.17) is 0 Å². The molecule has 0 spiro atoms.